The summed E-state index contributed by atoms with van der Waals surface area (Å²) in [5, 5.41) is 5.21. The van der Waals surface area contributed by atoms with Crippen molar-refractivity contribution in [3.63, 3.8) is 0 Å². The number of hydrogen-bond acceptors (Lipinski definition) is 5. The number of aryl methyl sites for hydroxylation is 3. The molecule has 0 saturated carbocycles. The average Bonchev–Trinajstić information content (AvgIpc) is 3.13. The largest absolute Gasteiger partial charge is 0.382 e. The molecule has 0 radical (unpaired) electrons. The van der Waals surface area contributed by atoms with Gasteiger partial charge in [0.2, 0.25) is 0 Å². The summed E-state index contributed by atoms with van der Waals surface area (Å²) in [6.45, 7) is 5.16. The summed E-state index contributed by atoms with van der Waals surface area (Å²) in [7, 11) is 0. The smallest absolute Gasteiger partial charge is 0.262 e. The number of nitrogens with one attached hydrogen (secondary N) is 1. The lowest BCUT2D eigenvalue weighted by molar-refractivity contribution is 0.144. The molecule has 1 aliphatic carbocycles. The monoisotopic (exact) mass is 445 g/mol. The van der Waals surface area contributed by atoms with Crippen LogP contribution < -0.4 is 10.9 Å². The van der Waals surface area contributed by atoms with Crippen LogP contribution in [0.1, 0.15) is 35.8 Å². The summed E-state index contributed by atoms with van der Waals surface area (Å²) >= 11 is 7.94. The van der Waals surface area contributed by atoms with E-state index < -0.39 is 0 Å². The molecule has 7 heteroatoms. The number of ether oxygens (including phenoxy) is 1. The van der Waals surface area contributed by atoms with Gasteiger partial charge in [0.05, 0.1) is 11.7 Å². The molecule has 30 heavy (non-hydrogen) atoms. The van der Waals surface area contributed by atoms with Crippen LogP contribution in [0.3, 0.4) is 0 Å². The van der Waals surface area contributed by atoms with Crippen molar-refractivity contribution in [3.05, 3.63) is 62.0 Å². The Bertz CT molecular complexity index is 1060. The van der Waals surface area contributed by atoms with Gasteiger partial charge in [-0.2, -0.15) is 0 Å². The summed E-state index contributed by atoms with van der Waals surface area (Å²) in [4.78, 5) is 20.0. The molecule has 5 nitrogen and oxygen atoms in total. The summed E-state index contributed by atoms with van der Waals surface area (Å²) in [6.07, 6.45) is 6.40. The second-order valence-electron chi connectivity index (χ2n) is 7.71. The number of nitrogens with zero attached hydrogens (tertiary/aromatic N) is 2. The zero-order valence-corrected chi connectivity index (χ0v) is 18.9. The molecule has 1 aliphatic rings. The van der Waals surface area contributed by atoms with E-state index in [9.17, 15) is 4.79 Å². The van der Waals surface area contributed by atoms with Crippen LogP contribution in [0.4, 0.5) is 0 Å². The molecular weight excluding hydrogens is 418 g/mol. The molecular formula is C23H28ClN3O2S. The van der Waals surface area contributed by atoms with E-state index in [1.54, 1.807) is 22.2 Å². The summed E-state index contributed by atoms with van der Waals surface area (Å²) in [5.74, 6) is 0. The molecule has 4 rings (SSSR count). The van der Waals surface area contributed by atoms with Gasteiger partial charge < -0.3 is 10.1 Å². The molecule has 0 bridgehead atoms. The minimum absolute atomic E-state index is 0.0766. The van der Waals surface area contributed by atoms with Crippen molar-refractivity contribution < 1.29 is 4.74 Å². The first-order valence-corrected chi connectivity index (χ1v) is 11.9. The lowest BCUT2D eigenvalue weighted by atomic mass is 9.93. The first kappa shape index (κ1) is 21.5. The quantitative estimate of drug-likeness (QED) is 0.501. The Morgan fingerprint density at radius 3 is 3.07 bits per heavy atom. The van der Waals surface area contributed by atoms with Crippen LogP contribution in [0.15, 0.2) is 35.4 Å². The zero-order chi connectivity index (χ0) is 20.9. The van der Waals surface area contributed by atoms with Crippen molar-refractivity contribution in [1.29, 1.82) is 0 Å². The van der Waals surface area contributed by atoms with E-state index in [0.29, 0.717) is 19.0 Å². The van der Waals surface area contributed by atoms with Crippen molar-refractivity contribution in [2.24, 2.45) is 0 Å². The number of aromatic nitrogens is 2. The van der Waals surface area contributed by atoms with Crippen LogP contribution in [-0.2, 0) is 30.5 Å². The number of halogens is 1. The van der Waals surface area contributed by atoms with Gasteiger partial charge in [-0.15, -0.1) is 11.3 Å². The minimum Gasteiger partial charge on any atom is -0.382 e. The van der Waals surface area contributed by atoms with Crippen molar-refractivity contribution in [2.75, 3.05) is 19.8 Å². The third kappa shape index (κ3) is 4.78. The molecule has 0 aliphatic heterocycles. The molecule has 0 amide bonds. The van der Waals surface area contributed by atoms with Gasteiger partial charge >= 0.3 is 0 Å². The molecule has 0 unspecified atom stereocenters. The number of rotatable bonds is 9. The van der Waals surface area contributed by atoms with Crippen LogP contribution in [0, 0.1) is 0 Å². The Hall–Kier alpha value is -1.73. The Morgan fingerprint density at radius 2 is 2.23 bits per heavy atom. The molecule has 3 aromatic rings. The Labute approximate surface area is 186 Å². The van der Waals surface area contributed by atoms with Gasteiger partial charge in [0, 0.05) is 35.7 Å². The molecule has 160 valence electrons. The molecule has 2 aromatic heterocycles. The topological polar surface area (TPSA) is 56.1 Å². The summed E-state index contributed by atoms with van der Waals surface area (Å²) in [5.41, 5.74) is 2.34. The van der Waals surface area contributed by atoms with Gasteiger partial charge in [0.1, 0.15) is 4.83 Å². The standard InChI is InChI=1S/C23H28ClN3O2S/c1-2-29-13-5-11-25-17-8-9-18-20(14-17)30-22-21(18)23(28)27(15-26-22)12-10-16-6-3-4-7-19(16)24/h3-4,6-7,15,17,25H,2,5,8-14H2,1H3/t17-/m1/s1. The second-order valence-corrected chi connectivity index (χ2v) is 9.20. The van der Waals surface area contributed by atoms with E-state index >= 15 is 0 Å². The number of thiophene rings is 1. The van der Waals surface area contributed by atoms with Gasteiger partial charge in [-0.25, -0.2) is 4.98 Å². The lowest BCUT2D eigenvalue weighted by Crippen LogP contribution is -2.35. The third-order valence-electron chi connectivity index (χ3n) is 5.72. The van der Waals surface area contributed by atoms with E-state index in [4.69, 9.17) is 16.3 Å². The Morgan fingerprint density at radius 1 is 1.37 bits per heavy atom. The van der Waals surface area contributed by atoms with E-state index in [2.05, 4.69) is 10.3 Å². The van der Waals surface area contributed by atoms with Crippen LogP contribution >= 0.6 is 22.9 Å². The van der Waals surface area contributed by atoms with Crippen LogP contribution in [0.2, 0.25) is 5.02 Å². The van der Waals surface area contributed by atoms with Crippen LogP contribution in [-0.4, -0.2) is 35.4 Å². The van der Waals surface area contributed by atoms with E-state index in [1.807, 2.05) is 31.2 Å². The highest BCUT2D eigenvalue weighted by Crippen LogP contribution is 2.33. The molecule has 1 aromatic carbocycles. The molecule has 2 heterocycles. The van der Waals surface area contributed by atoms with E-state index in [-0.39, 0.29) is 5.56 Å². The fourth-order valence-electron chi connectivity index (χ4n) is 4.10. The predicted molar refractivity (Wildman–Crippen MR) is 124 cm³/mol. The maximum Gasteiger partial charge on any atom is 0.262 e. The van der Waals surface area contributed by atoms with Crippen molar-refractivity contribution in [1.82, 2.24) is 14.9 Å². The fraction of sp³-hybridized carbons (Fsp3) is 0.478. The van der Waals surface area contributed by atoms with Crippen LogP contribution in [0.5, 0.6) is 0 Å². The maximum atomic E-state index is 13.2. The number of hydrogen-bond donors (Lipinski definition) is 1. The third-order valence-corrected chi connectivity index (χ3v) is 7.25. The first-order chi connectivity index (χ1) is 14.7. The number of benzene rings is 1. The first-order valence-electron chi connectivity index (χ1n) is 10.7. The number of fused-ring (bicyclic) bond motifs is 3. The highest BCUT2D eigenvalue weighted by atomic mass is 35.5. The second kappa shape index (κ2) is 10.1. The average molecular weight is 446 g/mol. The summed E-state index contributed by atoms with van der Waals surface area (Å²) in [6, 6.07) is 8.26. The highest BCUT2D eigenvalue weighted by molar-refractivity contribution is 7.18. The van der Waals surface area contributed by atoms with Gasteiger partial charge in [0.15, 0.2) is 0 Å². The van der Waals surface area contributed by atoms with Gasteiger partial charge in [0.25, 0.3) is 5.56 Å². The van der Waals surface area contributed by atoms with Crippen molar-refractivity contribution >= 4 is 33.2 Å². The van der Waals surface area contributed by atoms with E-state index in [1.165, 1.54) is 10.4 Å². The molecule has 1 N–H and O–H groups in total. The van der Waals surface area contributed by atoms with E-state index in [0.717, 1.165) is 66.2 Å². The van der Waals surface area contributed by atoms with Crippen molar-refractivity contribution in [3.8, 4) is 0 Å². The lowest BCUT2D eigenvalue weighted by Gasteiger charge is -2.23. The molecule has 0 fully saturated rings. The minimum atomic E-state index is 0.0766. The van der Waals surface area contributed by atoms with Gasteiger partial charge in [-0.05, 0) is 62.8 Å². The SMILES string of the molecule is CCOCCCN[C@@H]1CCc2c(sc3ncn(CCc4ccccc4Cl)c(=O)c23)C1. The van der Waals surface area contributed by atoms with Gasteiger partial charge in [-0.1, -0.05) is 29.8 Å². The van der Waals surface area contributed by atoms with Crippen LogP contribution in [0.25, 0.3) is 10.2 Å². The molecule has 0 spiro atoms. The molecule has 0 saturated heterocycles. The molecule has 1 atom stereocenters. The fourth-order valence-corrected chi connectivity index (χ4v) is 5.59. The maximum absolute atomic E-state index is 13.2. The normalized spacial score (nSPS) is 16.1. The Kier molecular flexibility index (Phi) is 7.20. The van der Waals surface area contributed by atoms with Crippen molar-refractivity contribution in [2.45, 2.75) is 51.6 Å². The Balaban J connectivity index is 1.46. The highest BCUT2D eigenvalue weighted by Gasteiger charge is 2.25. The summed E-state index contributed by atoms with van der Waals surface area (Å²) < 4.78 is 7.14. The zero-order valence-electron chi connectivity index (χ0n) is 17.3. The predicted octanol–water partition coefficient (Wildman–Crippen LogP) is 4.23. The van der Waals surface area contributed by atoms with Gasteiger partial charge in [-0.3, -0.25) is 9.36 Å².